The summed E-state index contributed by atoms with van der Waals surface area (Å²) in [6.45, 7) is 0.209. The summed E-state index contributed by atoms with van der Waals surface area (Å²) in [7, 11) is 1.57. The molecule has 0 bridgehead atoms. The van der Waals surface area contributed by atoms with Crippen LogP contribution in [0.3, 0.4) is 0 Å². The highest BCUT2D eigenvalue weighted by Crippen LogP contribution is 2.31. The highest BCUT2D eigenvalue weighted by Gasteiger charge is 2.38. The molecule has 1 aliphatic heterocycles. The van der Waals surface area contributed by atoms with Gasteiger partial charge in [-0.2, -0.15) is 0 Å². The molecular formula is C11H13F2NO. The third-order valence-corrected chi connectivity index (χ3v) is 2.59. The molecule has 0 N–H and O–H groups in total. The van der Waals surface area contributed by atoms with Gasteiger partial charge in [0, 0.05) is 24.7 Å². The second kappa shape index (κ2) is 3.68. The van der Waals surface area contributed by atoms with Crippen LogP contribution in [0.2, 0.25) is 0 Å². The SMILES string of the molecule is COc1cccc(N2CCC(F)(F)C2)c1. The van der Waals surface area contributed by atoms with Gasteiger partial charge < -0.3 is 9.64 Å². The largest absolute Gasteiger partial charge is 0.497 e. The first kappa shape index (κ1) is 10.2. The van der Waals surface area contributed by atoms with Crippen LogP contribution in [0.1, 0.15) is 6.42 Å². The van der Waals surface area contributed by atoms with Gasteiger partial charge in [0.2, 0.25) is 0 Å². The number of alkyl halides is 2. The Morgan fingerprint density at radius 1 is 1.40 bits per heavy atom. The van der Waals surface area contributed by atoms with Crippen LogP contribution in [0.15, 0.2) is 24.3 Å². The standard InChI is InChI=1S/C11H13F2NO/c1-15-10-4-2-3-9(7-10)14-6-5-11(12,13)8-14/h2-4,7H,5-6,8H2,1H3. The maximum atomic E-state index is 13.0. The van der Waals surface area contributed by atoms with E-state index < -0.39 is 5.92 Å². The number of rotatable bonds is 2. The van der Waals surface area contributed by atoms with Crippen molar-refractivity contribution in [3.63, 3.8) is 0 Å². The van der Waals surface area contributed by atoms with Crippen LogP contribution in [0.5, 0.6) is 5.75 Å². The van der Waals surface area contributed by atoms with E-state index in [0.717, 1.165) is 5.69 Å². The van der Waals surface area contributed by atoms with Crippen molar-refractivity contribution < 1.29 is 13.5 Å². The van der Waals surface area contributed by atoms with Crippen LogP contribution in [0.25, 0.3) is 0 Å². The molecule has 15 heavy (non-hydrogen) atoms. The number of anilines is 1. The lowest BCUT2D eigenvalue weighted by molar-refractivity contribution is 0.0257. The van der Waals surface area contributed by atoms with E-state index in [1.54, 1.807) is 24.1 Å². The number of benzene rings is 1. The normalized spacial score (nSPS) is 19.3. The molecule has 1 aliphatic rings. The molecule has 1 heterocycles. The van der Waals surface area contributed by atoms with Crippen molar-refractivity contribution in [1.82, 2.24) is 0 Å². The van der Waals surface area contributed by atoms with Crippen molar-refractivity contribution >= 4 is 5.69 Å². The first-order valence-corrected chi connectivity index (χ1v) is 4.87. The van der Waals surface area contributed by atoms with E-state index in [2.05, 4.69) is 0 Å². The second-order valence-electron chi connectivity index (χ2n) is 3.73. The van der Waals surface area contributed by atoms with Gasteiger partial charge in [-0.1, -0.05) is 6.07 Å². The Morgan fingerprint density at radius 2 is 2.20 bits per heavy atom. The lowest BCUT2D eigenvalue weighted by Gasteiger charge is -2.18. The summed E-state index contributed by atoms with van der Waals surface area (Å²) in [5, 5.41) is 0. The van der Waals surface area contributed by atoms with Gasteiger partial charge in [0.25, 0.3) is 5.92 Å². The molecule has 82 valence electrons. The first-order chi connectivity index (χ1) is 7.11. The average Bonchev–Trinajstić information content (AvgIpc) is 2.59. The highest BCUT2D eigenvalue weighted by atomic mass is 19.3. The number of ether oxygens (including phenoxy) is 1. The maximum Gasteiger partial charge on any atom is 0.266 e. The summed E-state index contributed by atoms with van der Waals surface area (Å²) in [6.07, 6.45) is -0.0653. The van der Waals surface area contributed by atoms with Gasteiger partial charge in [0.05, 0.1) is 13.7 Å². The van der Waals surface area contributed by atoms with Crippen LogP contribution >= 0.6 is 0 Å². The van der Waals surface area contributed by atoms with Gasteiger partial charge >= 0.3 is 0 Å². The monoisotopic (exact) mass is 213 g/mol. The fourth-order valence-corrected chi connectivity index (χ4v) is 1.76. The molecule has 0 amide bonds. The van der Waals surface area contributed by atoms with E-state index >= 15 is 0 Å². The van der Waals surface area contributed by atoms with Crippen molar-refractivity contribution in [2.24, 2.45) is 0 Å². The average molecular weight is 213 g/mol. The third-order valence-electron chi connectivity index (χ3n) is 2.59. The molecule has 0 unspecified atom stereocenters. The molecule has 0 atom stereocenters. The topological polar surface area (TPSA) is 12.5 Å². The lowest BCUT2D eigenvalue weighted by atomic mass is 10.3. The van der Waals surface area contributed by atoms with Gasteiger partial charge in [0.1, 0.15) is 5.75 Å². The molecule has 4 heteroatoms. The van der Waals surface area contributed by atoms with Crippen LogP contribution in [0, 0.1) is 0 Å². The molecule has 1 aromatic carbocycles. The Morgan fingerprint density at radius 3 is 2.80 bits per heavy atom. The molecule has 2 rings (SSSR count). The zero-order chi connectivity index (χ0) is 10.9. The van der Waals surface area contributed by atoms with Crippen molar-refractivity contribution in [3.05, 3.63) is 24.3 Å². The van der Waals surface area contributed by atoms with Crippen molar-refractivity contribution in [2.45, 2.75) is 12.3 Å². The number of nitrogens with zero attached hydrogens (tertiary/aromatic N) is 1. The molecule has 1 saturated heterocycles. The Kier molecular flexibility index (Phi) is 2.50. The lowest BCUT2D eigenvalue weighted by Crippen LogP contribution is -2.24. The molecule has 0 radical (unpaired) electrons. The van der Waals surface area contributed by atoms with E-state index in [4.69, 9.17) is 4.74 Å². The third kappa shape index (κ3) is 2.19. The number of hydrogen-bond donors (Lipinski definition) is 0. The van der Waals surface area contributed by atoms with Crippen LogP contribution in [-0.2, 0) is 0 Å². The van der Waals surface area contributed by atoms with Crippen molar-refractivity contribution in [2.75, 3.05) is 25.1 Å². The minimum absolute atomic E-state index is 0.0653. The van der Waals surface area contributed by atoms with E-state index in [-0.39, 0.29) is 13.0 Å². The van der Waals surface area contributed by atoms with E-state index in [1.807, 2.05) is 12.1 Å². The molecule has 2 nitrogen and oxygen atoms in total. The molecule has 1 aromatic rings. The molecule has 0 aliphatic carbocycles. The number of halogens is 2. The Hall–Kier alpha value is -1.32. The Labute approximate surface area is 87.5 Å². The van der Waals surface area contributed by atoms with Crippen LogP contribution in [0.4, 0.5) is 14.5 Å². The van der Waals surface area contributed by atoms with E-state index in [1.165, 1.54) is 0 Å². The molecule has 0 aromatic heterocycles. The Balaban J connectivity index is 2.16. The van der Waals surface area contributed by atoms with Crippen molar-refractivity contribution in [1.29, 1.82) is 0 Å². The molecule has 0 spiro atoms. The predicted molar refractivity (Wildman–Crippen MR) is 54.8 cm³/mol. The maximum absolute atomic E-state index is 13.0. The zero-order valence-electron chi connectivity index (χ0n) is 8.54. The van der Waals surface area contributed by atoms with Crippen LogP contribution in [-0.4, -0.2) is 26.1 Å². The fraction of sp³-hybridized carbons (Fsp3) is 0.455. The molecule has 0 saturated carbocycles. The van der Waals surface area contributed by atoms with Gasteiger partial charge in [0.15, 0.2) is 0 Å². The summed E-state index contributed by atoms with van der Waals surface area (Å²) in [5.41, 5.74) is 0.798. The van der Waals surface area contributed by atoms with Gasteiger partial charge in [-0.05, 0) is 12.1 Å². The first-order valence-electron chi connectivity index (χ1n) is 4.87. The molecule has 1 fully saturated rings. The summed E-state index contributed by atoms with van der Waals surface area (Å²) in [6, 6.07) is 7.22. The molecular weight excluding hydrogens is 200 g/mol. The summed E-state index contributed by atoms with van der Waals surface area (Å²) in [4.78, 5) is 1.68. The quantitative estimate of drug-likeness (QED) is 0.748. The van der Waals surface area contributed by atoms with Gasteiger partial charge in [-0.25, -0.2) is 8.78 Å². The van der Waals surface area contributed by atoms with Crippen LogP contribution < -0.4 is 9.64 Å². The minimum atomic E-state index is -2.55. The predicted octanol–water partition coefficient (Wildman–Crippen LogP) is 2.54. The van der Waals surface area contributed by atoms with E-state index in [0.29, 0.717) is 12.3 Å². The Bertz CT molecular complexity index is 354. The van der Waals surface area contributed by atoms with Gasteiger partial charge in [-0.15, -0.1) is 0 Å². The summed E-state index contributed by atoms with van der Waals surface area (Å²) >= 11 is 0. The summed E-state index contributed by atoms with van der Waals surface area (Å²) < 4.78 is 31.0. The van der Waals surface area contributed by atoms with Gasteiger partial charge in [-0.3, -0.25) is 0 Å². The van der Waals surface area contributed by atoms with Crippen molar-refractivity contribution in [3.8, 4) is 5.75 Å². The minimum Gasteiger partial charge on any atom is -0.497 e. The highest BCUT2D eigenvalue weighted by molar-refractivity contribution is 5.51. The zero-order valence-corrected chi connectivity index (χ0v) is 8.54. The number of hydrogen-bond acceptors (Lipinski definition) is 2. The number of methoxy groups -OCH3 is 1. The van der Waals surface area contributed by atoms with E-state index in [9.17, 15) is 8.78 Å². The second-order valence-corrected chi connectivity index (χ2v) is 3.73. The smallest absolute Gasteiger partial charge is 0.266 e. The fourth-order valence-electron chi connectivity index (χ4n) is 1.76. The summed E-state index contributed by atoms with van der Waals surface area (Å²) in [5.74, 6) is -1.86.